The average molecular weight is 243 g/mol. The van der Waals surface area contributed by atoms with Gasteiger partial charge in [0.15, 0.2) is 0 Å². The number of carbonyl (C=O) groups is 1. The number of benzene rings is 1. The van der Waals surface area contributed by atoms with Gasteiger partial charge in [0.05, 0.1) is 6.04 Å². The molecule has 1 amide bonds. The maximum absolute atomic E-state index is 13.0. The average Bonchev–Trinajstić information content (AvgIpc) is 2.68. The molecule has 1 aromatic carbocycles. The van der Waals surface area contributed by atoms with Crippen LogP contribution in [0.15, 0.2) is 18.2 Å². The molecule has 1 heterocycles. The van der Waals surface area contributed by atoms with Crippen LogP contribution in [0.25, 0.3) is 0 Å². The first-order valence-electron chi connectivity index (χ1n) is 5.15. The van der Waals surface area contributed by atoms with E-state index >= 15 is 0 Å². The molecule has 0 aromatic heterocycles. The molecule has 0 bridgehead atoms. The van der Waals surface area contributed by atoms with Gasteiger partial charge in [-0.3, -0.25) is 4.79 Å². The van der Waals surface area contributed by atoms with Gasteiger partial charge in [-0.05, 0) is 37.6 Å². The number of hydrogen-bond acceptors (Lipinski definition) is 2. The Kier molecular flexibility index (Phi) is 3.41. The van der Waals surface area contributed by atoms with Crippen LogP contribution in [-0.2, 0) is 4.79 Å². The lowest BCUT2D eigenvalue weighted by Crippen LogP contribution is -2.35. The van der Waals surface area contributed by atoms with E-state index in [2.05, 4.69) is 10.6 Å². The van der Waals surface area contributed by atoms with Crippen molar-refractivity contribution in [3.63, 3.8) is 0 Å². The van der Waals surface area contributed by atoms with Crippen molar-refractivity contribution in [3.8, 4) is 0 Å². The summed E-state index contributed by atoms with van der Waals surface area (Å²) >= 11 is 5.69. The van der Waals surface area contributed by atoms with Crippen LogP contribution >= 0.6 is 11.6 Å². The highest BCUT2D eigenvalue weighted by Gasteiger charge is 2.21. The zero-order valence-corrected chi connectivity index (χ0v) is 9.35. The predicted molar refractivity (Wildman–Crippen MR) is 61.1 cm³/mol. The van der Waals surface area contributed by atoms with E-state index in [-0.39, 0.29) is 17.0 Å². The standard InChI is InChI=1S/C11H12ClFN2O/c12-7-4-8(13)6-9(5-7)15-11(16)10-2-1-3-14-10/h4-6,10,14H,1-3H2,(H,15,16)/t10-/m1/s1. The molecular formula is C11H12ClFN2O. The maximum atomic E-state index is 13.0. The van der Waals surface area contributed by atoms with Crippen molar-refractivity contribution >= 4 is 23.2 Å². The minimum atomic E-state index is -0.456. The third-order valence-electron chi connectivity index (χ3n) is 2.51. The smallest absolute Gasteiger partial charge is 0.241 e. The summed E-state index contributed by atoms with van der Waals surface area (Å²) in [6.45, 7) is 0.849. The molecule has 0 radical (unpaired) electrons. The van der Waals surface area contributed by atoms with Gasteiger partial charge < -0.3 is 10.6 Å². The Morgan fingerprint density at radius 2 is 2.31 bits per heavy atom. The SMILES string of the molecule is O=C(Nc1cc(F)cc(Cl)c1)[C@H]1CCCN1. The first-order chi connectivity index (χ1) is 7.65. The van der Waals surface area contributed by atoms with Gasteiger partial charge in [0.1, 0.15) is 5.82 Å². The molecular weight excluding hydrogens is 231 g/mol. The van der Waals surface area contributed by atoms with Crippen molar-refractivity contribution in [1.82, 2.24) is 5.32 Å². The third kappa shape index (κ3) is 2.71. The Balaban J connectivity index is 2.05. The summed E-state index contributed by atoms with van der Waals surface area (Å²) in [7, 11) is 0. The second kappa shape index (κ2) is 4.80. The minimum absolute atomic E-state index is 0.140. The van der Waals surface area contributed by atoms with Crippen molar-refractivity contribution < 1.29 is 9.18 Å². The van der Waals surface area contributed by atoms with E-state index in [1.807, 2.05) is 0 Å². The predicted octanol–water partition coefficient (Wildman–Crippen LogP) is 2.17. The molecule has 86 valence electrons. The molecule has 3 nitrogen and oxygen atoms in total. The van der Waals surface area contributed by atoms with Crippen LogP contribution in [0.5, 0.6) is 0 Å². The van der Waals surface area contributed by atoms with Crippen LogP contribution in [0.2, 0.25) is 5.02 Å². The largest absolute Gasteiger partial charge is 0.325 e. The number of rotatable bonds is 2. The fourth-order valence-corrected chi connectivity index (χ4v) is 1.99. The molecule has 0 saturated carbocycles. The summed E-state index contributed by atoms with van der Waals surface area (Å²) in [4.78, 5) is 11.7. The molecule has 0 aliphatic carbocycles. The van der Waals surface area contributed by atoms with Gasteiger partial charge in [0, 0.05) is 10.7 Å². The van der Waals surface area contributed by atoms with Crippen molar-refractivity contribution in [1.29, 1.82) is 0 Å². The summed E-state index contributed by atoms with van der Waals surface area (Å²) in [5.41, 5.74) is 0.392. The lowest BCUT2D eigenvalue weighted by molar-refractivity contribution is -0.117. The fraction of sp³-hybridized carbons (Fsp3) is 0.364. The summed E-state index contributed by atoms with van der Waals surface area (Å²) in [5, 5.41) is 5.98. The Bertz CT molecular complexity index is 385. The Morgan fingerprint density at radius 3 is 2.94 bits per heavy atom. The van der Waals surface area contributed by atoms with Gasteiger partial charge in [0.2, 0.25) is 5.91 Å². The highest BCUT2D eigenvalue weighted by molar-refractivity contribution is 6.30. The lowest BCUT2D eigenvalue weighted by atomic mass is 10.2. The van der Waals surface area contributed by atoms with Crippen LogP contribution in [-0.4, -0.2) is 18.5 Å². The second-order valence-corrected chi connectivity index (χ2v) is 4.23. The molecule has 2 rings (SSSR count). The van der Waals surface area contributed by atoms with Gasteiger partial charge in [-0.2, -0.15) is 0 Å². The maximum Gasteiger partial charge on any atom is 0.241 e. The van der Waals surface area contributed by atoms with E-state index in [1.54, 1.807) is 0 Å². The number of nitrogens with one attached hydrogen (secondary N) is 2. The summed E-state index contributed by atoms with van der Waals surface area (Å²) < 4.78 is 13.0. The zero-order valence-electron chi connectivity index (χ0n) is 8.59. The fourth-order valence-electron chi connectivity index (χ4n) is 1.76. The third-order valence-corrected chi connectivity index (χ3v) is 2.73. The van der Waals surface area contributed by atoms with E-state index in [1.165, 1.54) is 18.2 Å². The molecule has 0 spiro atoms. The molecule has 1 saturated heterocycles. The molecule has 5 heteroatoms. The number of amides is 1. The molecule has 1 fully saturated rings. The first kappa shape index (κ1) is 11.4. The van der Waals surface area contributed by atoms with E-state index < -0.39 is 5.82 Å². The first-order valence-corrected chi connectivity index (χ1v) is 5.53. The van der Waals surface area contributed by atoms with Crippen LogP contribution in [0, 0.1) is 5.82 Å². The number of hydrogen-bond donors (Lipinski definition) is 2. The van der Waals surface area contributed by atoms with Gasteiger partial charge >= 0.3 is 0 Å². The van der Waals surface area contributed by atoms with Gasteiger partial charge in [-0.1, -0.05) is 11.6 Å². The topological polar surface area (TPSA) is 41.1 Å². The molecule has 1 aromatic rings. The Hall–Kier alpha value is -1.13. The summed E-state index contributed by atoms with van der Waals surface area (Å²) in [6, 6.07) is 3.79. The molecule has 1 aliphatic rings. The number of carbonyl (C=O) groups excluding carboxylic acids is 1. The zero-order chi connectivity index (χ0) is 11.5. The summed E-state index contributed by atoms with van der Waals surface area (Å²) in [5.74, 6) is -0.596. The van der Waals surface area contributed by atoms with Crippen molar-refractivity contribution in [3.05, 3.63) is 29.0 Å². The summed E-state index contributed by atoms with van der Waals surface area (Å²) in [6.07, 6.45) is 1.80. The highest BCUT2D eigenvalue weighted by Crippen LogP contribution is 2.18. The van der Waals surface area contributed by atoms with Crippen molar-refractivity contribution in [2.45, 2.75) is 18.9 Å². The van der Waals surface area contributed by atoms with Crippen molar-refractivity contribution in [2.75, 3.05) is 11.9 Å². The van der Waals surface area contributed by atoms with Gasteiger partial charge in [-0.15, -0.1) is 0 Å². The number of anilines is 1. The normalized spacial score (nSPS) is 19.8. The van der Waals surface area contributed by atoms with Crippen LogP contribution in [0.4, 0.5) is 10.1 Å². The molecule has 1 atom stereocenters. The molecule has 2 N–H and O–H groups in total. The van der Waals surface area contributed by atoms with Crippen molar-refractivity contribution in [2.24, 2.45) is 0 Å². The van der Waals surface area contributed by atoms with Crippen LogP contribution in [0.3, 0.4) is 0 Å². The van der Waals surface area contributed by atoms with Gasteiger partial charge in [-0.25, -0.2) is 4.39 Å². The second-order valence-electron chi connectivity index (χ2n) is 3.80. The van der Waals surface area contributed by atoms with E-state index in [0.717, 1.165) is 19.4 Å². The van der Waals surface area contributed by atoms with E-state index in [9.17, 15) is 9.18 Å². The van der Waals surface area contributed by atoms with Crippen LogP contribution < -0.4 is 10.6 Å². The highest BCUT2D eigenvalue weighted by atomic mass is 35.5. The monoisotopic (exact) mass is 242 g/mol. The quantitative estimate of drug-likeness (QED) is 0.835. The number of halogens is 2. The Morgan fingerprint density at radius 1 is 1.50 bits per heavy atom. The van der Waals surface area contributed by atoms with E-state index in [4.69, 9.17) is 11.6 Å². The Labute approximate surface area is 98.0 Å². The van der Waals surface area contributed by atoms with Crippen LogP contribution in [0.1, 0.15) is 12.8 Å². The van der Waals surface area contributed by atoms with Gasteiger partial charge in [0.25, 0.3) is 0 Å². The molecule has 0 unspecified atom stereocenters. The minimum Gasteiger partial charge on any atom is -0.325 e. The van der Waals surface area contributed by atoms with E-state index in [0.29, 0.717) is 5.69 Å². The lowest BCUT2D eigenvalue weighted by Gasteiger charge is -2.11. The molecule has 16 heavy (non-hydrogen) atoms. The molecule has 1 aliphatic heterocycles.